The Kier molecular flexibility index (Phi) is 14.9. The van der Waals surface area contributed by atoms with E-state index in [1.54, 1.807) is 24.5 Å². The number of aromatic nitrogens is 1. The number of carbonyl (C=O) groups excluding carboxylic acids is 2. The molecular weight excluding hydrogens is 724 g/mol. The van der Waals surface area contributed by atoms with Crippen LogP contribution in [0.15, 0.2) is 103 Å². The Hall–Kier alpha value is -3.73. The quantitative estimate of drug-likeness (QED) is 0.148. The molecule has 278 valence electrons. The Labute approximate surface area is 323 Å². The fraction of sp³-hybridized carbons (Fsp3) is 0.375. The molecule has 52 heavy (non-hydrogen) atoms. The number of nitrogens with zero attached hydrogens (tertiary/aromatic N) is 3. The molecule has 12 heteroatoms. The Morgan fingerprint density at radius 2 is 1.54 bits per heavy atom. The van der Waals surface area contributed by atoms with Crippen LogP contribution in [0.5, 0.6) is 0 Å². The molecule has 0 aliphatic carbocycles. The van der Waals surface area contributed by atoms with Crippen molar-refractivity contribution < 1.29 is 19.1 Å². The molecule has 0 saturated carbocycles. The van der Waals surface area contributed by atoms with Crippen molar-refractivity contribution in [2.45, 2.75) is 55.6 Å². The molecular formula is C40H47Cl3FN5O3. The van der Waals surface area contributed by atoms with E-state index in [2.05, 4.69) is 32.7 Å². The third-order valence-corrected chi connectivity index (χ3v) is 10.7. The van der Waals surface area contributed by atoms with Gasteiger partial charge >= 0.3 is 6.03 Å². The van der Waals surface area contributed by atoms with Gasteiger partial charge in [0.2, 0.25) is 0 Å². The number of halogens is 4. The highest BCUT2D eigenvalue weighted by Crippen LogP contribution is 2.38. The summed E-state index contributed by atoms with van der Waals surface area (Å²) < 4.78 is 14.2. The van der Waals surface area contributed by atoms with Crippen LogP contribution in [0.2, 0.25) is 5.02 Å². The molecule has 0 radical (unpaired) electrons. The Bertz CT molecular complexity index is 1700. The van der Waals surface area contributed by atoms with Gasteiger partial charge in [0.1, 0.15) is 5.82 Å². The third kappa shape index (κ3) is 10.0. The number of nitrogens with one attached hydrogen (secondary N) is 2. The molecule has 3 N–H and O–H groups in total. The number of hydrogen-bond acceptors (Lipinski definition) is 5. The maximum Gasteiger partial charge on any atom is 0.315 e. The summed E-state index contributed by atoms with van der Waals surface area (Å²) >= 11 is 6.08. The van der Waals surface area contributed by atoms with Crippen molar-refractivity contribution in [1.82, 2.24) is 25.4 Å². The summed E-state index contributed by atoms with van der Waals surface area (Å²) in [4.78, 5) is 34.5. The lowest BCUT2D eigenvalue weighted by Gasteiger charge is -2.40. The van der Waals surface area contributed by atoms with Gasteiger partial charge in [0.05, 0.1) is 11.2 Å². The average molecular weight is 771 g/mol. The molecule has 1 atom stereocenters. The minimum Gasteiger partial charge on any atom is -0.385 e. The first-order chi connectivity index (χ1) is 24.2. The number of piperidine rings is 2. The monoisotopic (exact) mass is 769 g/mol. The van der Waals surface area contributed by atoms with Crippen molar-refractivity contribution >= 4 is 48.4 Å². The van der Waals surface area contributed by atoms with E-state index in [-0.39, 0.29) is 48.6 Å². The normalized spacial score (nSPS) is 17.2. The number of hydrogen-bond donors (Lipinski definition) is 3. The lowest BCUT2D eigenvalue weighted by molar-refractivity contribution is -0.0262. The summed E-state index contributed by atoms with van der Waals surface area (Å²) in [5, 5.41) is 18.3. The molecule has 4 aromatic rings. The van der Waals surface area contributed by atoms with Gasteiger partial charge < -0.3 is 25.5 Å². The van der Waals surface area contributed by atoms with Gasteiger partial charge in [-0.25, -0.2) is 9.18 Å². The molecule has 3 heterocycles. The van der Waals surface area contributed by atoms with Gasteiger partial charge in [0.25, 0.3) is 5.91 Å². The summed E-state index contributed by atoms with van der Waals surface area (Å²) in [5.74, 6) is -0.356. The topological polar surface area (TPSA) is 97.8 Å². The van der Waals surface area contributed by atoms with E-state index in [0.717, 1.165) is 49.2 Å². The van der Waals surface area contributed by atoms with E-state index in [4.69, 9.17) is 11.6 Å². The third-order valence-electron chi connectivity index (χ3n) is 10.4. The standard InChI is InChI=1S/C40H45ClFN5O3.2ClH/c41-34-13-9-33(10-14-34)40(50)20-26-46(27-21-40)23-5-19-39(31-7-2-1-3-8-31,32-11-15-35(42)16-12-32)29-44-38(49)45-36-17-24-47(25-18-36)37(48)30-6-4-22-43-28-30;;/h1-4,6-16,22,28,36,50H,5,17-21,23-27,29H2,(H2,44,45,49);2*1H. The Balaban J connectivity index is 0.00000302. The molecule has 8 nitrogen and oxygen atoms in total. The van der Waals surface area contributed by atoms with E-state index >= 15 is 0 Å². The molecule has 2 aliphatic rings. The fourth-order valence-electron chi connectivity index (χ4n) is 7.44. The van der Waals surface area contributed by atoms with Crippen molar-refractivity contribution in [2.75, 3.05) is 39.3 Å². The van der Waals surface area contributed by atoms with Crippen LogP contribution in [-0.2, 0) is 11.0 Å². The van der Waals surface area contributed by atoms with Crippen LogP contribution in [0, 0.1) is 5.82 Å². The molecule has 2 saturated heterocycles. The van der Waals surface area contributed by atoms with Crippen LogP contribution < -0.4 is 10.6 Å². The first-order valence-corrected chi connectivity index (χ1v) is 17.9. The predicted molar refractivity (Wildman–Crippen MR) is 208 cm³/mol. The number of urea groups is 1. The van der Waals surface area contributed by atoms with Crippen LogP contribution in [0.25, 0.3) is 0 Å². The average Bonchev–Trinajstić information content (AvgIpc) is 3.15. The number of amides is 3. The molecule has 6 rings (SSSR count). The van der Waals surface area contributed by atoms with E-state index in [9.17, 15) is 19.1 Å². The molecule has 2 fully saturated rings. The van der Waals surface area contributed by atoms with Crippen molar-refractivity contribution in [3.8, 4) is 0 Å². The largest absolute Gasteiger partial charge is 0.385 e. The second-order valence-electron chi connectivity index (χ2n) is 13.6. The van der Waals surface area contributed by atoms with Crippen LogP contribution in [0.3, 0.4) is 0 Å². The predicted octanol–water partition coefficient (Wildman–Crippen LogP) is 7.37. The number of aliphatic hydroxyl groups is 1. The number of benzene rings is 3. The van der Waals surface area contributed by atoms with Crippen molar-refractivity contribution in [3.05, 3.63) is 136 Å². The van der Waals surface area contributed by atoms with Crippen LogP contribution >= 0.6 is 36.4 Å². The summed E-state index contributed by atoms with van der Waals surface area (Å²) in [7, 11) is 0. The highest BCUT2D eigenvalue weighted by atomic mass is 35.5. The van der Waals surface area contributed by atoms with Gasteiger partial charge in [0, 0.05) is 61.6 Å². The minimum absolute atomic E-state index is 0. The van der Waals surface area contributed by atoms with Crippen LogP contribution in [0.1, 0.15) is 65.6 Å². The molecule has 3 aromatic carbocycles. The van der Waals surface area contributed by atoms with Gasteiger partial charge in [-0.2, -0.15) is 0 Å². The van der Waals surface area contributed by atoms with E-state index in [0.29, 0.717) is 55.9 Å². The minimum atomic E-state index is -0.869. The van der Waals surface area contributed by atoms with E-state index in [1.165, 1.54) is 12.1 Å². The first kappa shape index (κ1) is 41.0. The van der Waals surface area contributed by atoms with Gasteiger partial charge in [-0.15, -0.1) is 24.8 Å². The van der Waals surface area contributed by atoms with Crippen LogP contribution in [-0.4, -0.2) is 77.1 Å². The second-order valence-corrected chi connectivity index (χ2v) is 14.0. The molecule has 0 bridgehead atoms. The molecule has 3 amide bonds. The molecule has 0 spiro atoms. The summed E-state index contributed by atoms with van der Waals surface area (Å²) in [6.45, 7) is 3.78. The van der Waals surface area contributed by atoms with Gasteiger partial charge in [-0.3, -0.25) is 9.78 Å². The van der Waals surface area contributed by atoms with Crippen LogP contribution in [0.4, 0.5) is 9.18 Å². The zero-order valence-corrected chi connectivity index (χ0v) is 31.4. The number of carbonyl (C=O) groups is 2. The highest BCUT2D eigenvalue weighted by Gasteiger charge is 2.37. The Morgan fingerprint density at radius 3 is 2.17 bits per heavy atom. The summed E-state index contributed by atoms with van der Waals surface area (Å²) in [6, 6.07) is 27.4. The lowest BCUT2D eigenvalue weighted by Crippen LogP contribution is -2.51. The number of pyridine rings is 1. The fourth-order valence-corrected chi connectivity index (χ4v) is 7.57. The lowest BCUT2D eigenvalue weighted by atomic mass is 9.71. The smallest absolute Gasteiger partial charge is 0.315 e. The van der Waals surface area contributed by atoms with Crippen molar-refractivity contribution in [3.63, 3.8) is 0 Å². The van der Waals surface area contributed by atoms with Crippen molar-refractivity contribution in [2.24, 2.45) is 0 Å². The van der Waals surface area contributed by atoms with Gasteiger partial charge in [-0.1, -0.05) is 66.2 Å². The van der Waals surface area contributed by atoms with E-state index < -0.39 is 11.0 Å². The van der Waals surface area contributed by atoms with Gasteiger partial charge in [-0.05, 0) is 98.2 Å². The number of likely N-dealkylation sites (tertiary alicyclic amines) is 2. The van der Waals surface area contributed by atoms with E-state index in [1.807, 2.05) is 59.5 Å². The highest BCUT2D eigenvalue weighted by molar-refractivity contribution is 6.30. The SMILES string of the molecule is Cl.Cl.O=C(NCC(CCCN1CCC(O)(c2ccc(Cl)cc2)CC1)(c1ccccc1)c1ccc(F)cc1)NC1CCN(C(=O)c2cccnc2)CC1. The zero-order chi connectivity index (χ0) is 35.0. The maximum atomic E-state index is 14.2. The second kappa shape index (κ2) is 18.9. The summed E-state index contributed by atoms with van der Waals surface area (Å²) in [6.07, 6.45) is 7.36. The molecule has 2 aliphatic heterocycles. The zero-order valence-electron chi connectivity index (χ0n) is 29.1. The first-order valence-electron chi connectivity index (χ1n) is 17.5. The Morgan fingerprint density at radius 1 is 0.885 bits per heavy atom. The molecule has 1 unspecified atom stereocenters. The summed E-state index contributed by atoms with van der Waals surface area (Å²) in [5.41, 5.74) is 1.97. The maximum absolute atomic E-state index is 14.2. The molecule has 1 aromatic heterocycles. The van der Waals surface area contributed by atoms with Crippen molar-refractivity contribution in [1.29, 1.82) is 0 Å². The number of rotatable bonds is 11. The van der Waals surface area contributed by atoms with Gasteiger partial charge in [0.15, 0.2) is 0 Å².